The van der Waals surface area contributed by atoms with Crippen molar-refractivity contribution in [1.82, 2.24) is 30.1 Å². The molecule has 0 saturated carbocycles. The van der Waals surface area contributed by atoms with Gasteiger partial charge in [0.15, 0.2) is 5.82 Å². The molecule has 0 spiro atoms. The summed E-state index contributed by atoms with van der Waals surface area (Å²) in [5, 5.41) is 22.8. The van der Waals surface area contributed by atoms with Gasteiger partial charge in [-0.05, 0) is 59.3 Å². The Morgan fingerprint density at radius 3 is 2.91 bits per heavy atom. The number of H-pyrrole nitrogens is 1. The highest BCUT2D eigenvalue weighted by molar-refractivity contribution is 5.81. The third-order valence-corrected chi connectivity index (χ3v) is 5.71. The highest BCUT2D eigenvalue weighted by Crippen LogP contribution is 2.25. The zero-order valence-corrected chi connectivity index (χ0v) is 18.4. The summed E-state index contributed by atoms with van der Waals surface area (Å²) in [5.41, 5.74) is 2.46. The highest BCUT2D eigenvalue weighted by Gasteiger charge is 2.26. The van der Waals surface area contributed by atoms with Crippen molar-refractivity contribution in [1.29, 1.82) is 0 Å². The van der Waals surface area contributed by atoms with Gasteiger partial charge in [0.05, 0.1) is 17.8 Å². The number of aryl methyl sites for hydroxylation is 1. The highest BCUT2D eigenvalue weighted by atomic mass is 16.3. The Kier molecular flexibility index (Phi) is 6.77. The first-order valence-electron chi connectivity index (χ1n) is 10.9. The number of para-hydroxylation sites is 1. The molecule has 1 atom stereocenters. The minimum Gasteiger partial charge on any atom is -0.467 e. The summed E-state index contributed by atoms with van der Waals surface area (Å²) in [6.45, 7) is 5.57. The van der Waals surface area contributed by atoms with Crippen molar-refractivity contribution in [2.24, 2.45) is 0 Å². The lowest BCUT2D eigenvalue weighted by atomic mass is 10.1. The predicted octanol–water partition coefficient (Wildman–Crippen LogP) is 2.80. The van der Waals surface area contributed by atoms with Crippen LogP contribution in [-0.2, 0) is 13.1 Å². The number of nitrogens with one attached hydrogen (secondary N) is 1. The number of hydrogen-bond donors (Lipinski definition) is 2. The van der Waals surface area contributed by atoms with Crippen LogP contribution in [0.1, 0.15) is 48.5 Å². The van der Waals surface area contributed by atoms with Gasteiger partial charge in [-0.1, -0.05) is 25.1 Å². The number of pyridine rings is 1. The zero-order valence-electron chi connectivity index (χ0n) is 18.4. The second-order valence-corrected chi connectivity index (χ2v) is 7.91. The van der Waals surface area contributed by atoms with Gasteiger partial charge in [0.1, 0.15) is 12.3 Å². The van der Waals surface area contributed by atoms with Crippen LogP contribution in [0.2, 0.25) is 0 Å². The van der Waals surface area contributed by atoms with Crippen molar-refractivity contribution in [3.63, 3.8) is 0 Å². The van der Waals surface area contributed by atoms with Gasteiger partial charge in [-0.3, -0.25) is 9.69 Å². The number of aromatic nitrogens is 5. The van der Waals surface area contributed by atoms with Crippen molar-refractivity contribution in [3.05, 3.63) is 75.7 Å². The molecular formula is C23H28N6O3. The SMILES string of the molecule is CC[C@H](c1nnnn1Cc1ccco1)N(CCCO)Cc1cc2cccc(C)c2[nH]c1=O. The van der Waals surface area contributed by atoms with E-state index < -0.39 is 0 Å². The topological polar surface area (TPSA) is 113 Å². The first-order valence-corrected chi connectivity index (χ1v) is 10.9. The molecular weight excluding hydrogens is 408 g/mol. The Hall–Kier alpha value is -3.30. The van der Waals surface area contributed by atoms with E-state index in [9.17, 15) is 9.90 Å². The van der Waals surface area contributed by atoms with Crippen LogP contribution in [0.3, 0.4) is 0 Å². The van der Waals surface area contributed by atoms with Crippen LogP contribution in [0.5, 0.6) is 0 Å². The van der Waals surface area contributed by atoms with E-state index in [1.54, 1.807) is 10.9 Å². The minimum atomic E-state index is -0.126. The van der Waals surface area contributed by atoms with Gasteiger partial charge < -0.3 is 14.5 Å². The van der Waals surface area contributed by atoms with E-state index in [1.807, 2.05) is 43.3 Å². The Morgan fingerprint density at radius 2 is 2.16 bits per heavy atom. The Balaban J connectivity index is 1.66. The largest absolute Gasteiger partial charge is 0.467 e. The van der Waals surface area contributed by atoms with Crippen molar-refractivity contribution < 1.29 is 9.52 Å². The zero-order chi connectivity index (χ0) is 22.5. The molecule has 1 aromatic carbocycles. The summed E-state index contributed by atoms with van der Waals surface area (Å²) in [6, 6.07) is 11.5. The molecule has 0 radical (unpaired) electrons. The first kappa shape index (κ1) is 21.9. The van der Waals surface area contributed by atoms with E-state index in [0.29, 0.717) is 37.4 Å². The third-order valence-electron chi connectivity index (χ3n) is 5.71. The van der Waals surface area contributed by atoms with Gasteiger partial charge in [0, 0.05) is 25.3 Å². The second-order valence-electron chi connectivity index (χ2n) is 7.91. The monoisotopic (exact) mass is 436 g/mol. The van der Waals surface area contributed by atoms with E-state index >= 15 is 0 Å². The normalized spacial score (nSPS) is 12.6. The van der Waals surface area contributed by atoms with Crippen LogP contribution >= 0.6 is 0 Å². The molecule has 4 aromatic rings. The molecule has 0 fully saturated rings. The maximum atomic E-state index is 12.9. The molecule has 32 heavy (non-hydrogen) atoms. The molecule has 2 N–H and O–H groups in total. The molecule has 0 unspecified atom stereocenters. The number of hydrogen-bond acceptors (Lipinski definition) is 7. The molecule has 0 bridgehead atoms. The van der Waals surface area contributed by atoms with Gasteiger partial charge in [0.2, 0.25) is 0 Å². The van der Waals surface area contributed by atoms with Gasteiger partial charge in [-0.25, -0.2) is 4.68 Å². The molecule has 4 rings (SSSR count). The van der Waals surface area contributed by atoms with Crippen LogP contribution in [0.25, 0.3) is 10.9 Å². The molecule has 9 heteroatoms. The van der Waals surface area contributed by atoms with Crippen LogP contribution in [0, 0.1) is 6.92 Å². The smallest absolute Gasteiger partial charge is 0.252 e. The van der Waals surface area contributed by atoms with E-state index in [2.05, 4.69) is 32.3 Å². The van der Waals surface area contributed by atoms with Gasteiger partial charge >= 0.3 is 0 Å². The van der Waals surface area contributed by atoms with Crippen molar-refractivity contribution in [3.8, 4) is 0 Å². The fourth-order valence-electron chi connectivity index (χ4n) is 4.10. The maximum Gasteiger partial charge on any atom is 0.252 e. The number of aliphatic hydroxyl groups excluding tert-OH is 1. The number of fused-ring (bicyclic) bond motifs is 1. The molecule has 0 amide bonds. The van der Waals surface area contributed by atoms with Gasteiger partial charge in [0.25, 0.3) is 5.56 Å². The molecule has 9 nitrogen and oxygen atoms in total. The first-order chi connectivity index (χ1) is 15.6. The number of furan rings is 1. The van der Waals surface area contributed by atoms with Crippen molar-refractivity contribution in [2.75, 3.05) is 13.2 Å². The fraction of sp³-hybridized carbons (Fsp3) is 0.391. The molecule has 0 aliphatic heterocycles. The third kappa shape index (κ3) is 4.63. The van der Waals surface area contributed by atoms with Crippen LogP contribution in [-0.4, -0.2) is 48.3 Å². The molecule has 3 aromatic heterocycles. The van der Waals surface area contributed by atoms with E-state index in [0.717, 1.165) is 28.6 Å². The van der Waals surface area contributed by atoms with Crippen LogP contribution in [0.15, 0.2) is 51.9 Å². The predicted molar refractivity (Wildman–Crippen MR) is 120 cm³/mol. The quantitative estimate of drug-likeness (QED) is 0.393. The van der Waals surface area contributed by atoms with Crippen molar-refractivity contribution in [2.45, 2.75) is 45.8 Å². The molecule has 3 heterocycles. The molecule has 0 aliphatic carbocycles. The van der Waals surface area contributed by atoms with Crippen molar-refractivity contribution >= 4 is 10.9 Å². The summed E-state index contributed by atoms with van der Waals surface area (Å²) in [7, 11) is 0. The molecule has 0 saturated heterocycles. The Morgan fingerprint density at radius 1 is 1.28 bits per heavy atom. The number of aromatic amines is 1. The number of nitrogens with zero attached hydrogens (tertiary/aromatic N) is 5. The van der Waals surface area contributed by atoms with E-state index in [1.165, 1.54) is 0 Å². The average Bonchev–Trinajstić information content (AvgIpc) is 3.46. The maximum absolute atomic E-state index is 12.9. The lowest BCUT2D eigenvalue weighted by Crippen LogP contribution is -2.34. The number of aliphatic hydroxyl groups is 1. The summed E-state index contributed by atoms with van der Waals surface area (Å²) < 4.78 is 7.18. The number of benzene rings is 1. The molecule has 168 valence electrons. The summed E-state index contributed by atoms with van der Waals surface area (Å²) in [6.07, 6.45) is 2.95. The van der Waals surface area contributed by atoms with Crippen LogP contribution in [0.4, 0.5) is 0 Å². The number of rotatable bonds is 10. The van der Waals surface area contributed by atoms with Gasteiger partial charge in [-0.15, -0.1) is 5.10 Å². The van der Waals surface area contributed by atoms with E-state index in [-0.39, 0.29) is 18.2 Å². The average molecular weight is 437 g/mol. The summed E-state index contributed by atoms with van der Waals surface area (Å²) in [4.78, 5) is 18.1. The minimum absolute atomic E-state index is 0.0670. The van der Waals surface area contributed by atoms with E-state index in [4.69, 9.17) is 4.42 Å². The summed E-state index contributed by atoms with van der Waals surface area (Å²) >= 11 is 0. The van der Waals surface area contributed by atoms with Crippen LogP contribution < -0.4 is 5.56 Å². The standard InChI is InChI=1S/C23H28N6O3/c1-3-20(22-25-26-27-29(22)15-19-9-5-12-32-19)28(10-6-11-30)14-18-13-17-8-4-7-16(2)21(17)24-23(18)31/h4-5,7-9,12-13,20,30H,3,6,10-11,14-15H2,1-2H3,(H,24,31)/t20-/m1/s1. The molecule has 0 aliphatic rings. The second kappa shape index (κ2) is 9.88. The lowest BCUT2D eigenvalue weighted by molar-refractivity contribution is 0.152. The Labute approximate surface area is 185 Å². The summed E-state index contributed by atoms with van der Waals surface area (Å²) in [5.74, 6) is 1.46. The fourth-order valence-corrected chi connectivity index (χ4v) is 4.10. The number of tetrazole rings is 1. The lowest BCUT2D eigenvalue weighted by Gasteiger charge is -2.30. The van der Waals surface area contributed by atoms with Gasteiger partial charge in [-0.2, -0.15) is 0 Å². The Bertz CT molecular complexity index is 1210.